The summed E-state index contributed by atoms with van der Waals surface area (Å²) in [4.78, 5) is 6.98. The molecule has 1 aromatic heterocycles. The first-order valence-electron chi connectivity index (χ1n) is 7.82. The van der Waals surface area contributed by atoms with Crippen molar-refractivity contribution in [2.24, 2.45) is 0 Å². The Balaban J connectivity index is 1.60. The lowest BCUT2D eigenvalue weighted by Gasteiger charge is -2.24. The second-order valence-corrected chi connectivity index (χ2v) is 5.64. The largest absolute Gasteiger partial charge is 0.309 e. The van der Waals surface area contributed by atoms with Gasteiger partial charge in [-0.25, -0.2) is 0 Å². The quantitative estimate of drug-likeness (QED) is 0.934. The molecule has 21 heavy (non-hydrogen) atoms. The van der Waals surface area contributed by atoms with Crippen LogP contribution in [0.2, 0.25) is 0 Å². The van der Waals surface area contributed by atoms with E-state index in [2.05, 4.69) is 57.7 Å². The maximum atomic E-state index is 4.42. The van der Waals surface area contributed by atoms with Crippen molar-refractivity contribution < 1.29 is 0 Å². The summed E-state index contributed by atoms with van der Waals surface area (Å²) in [6.45, 7) is 4.43. The first-order chi connectivity index (χ1) is 10.4. The van der Waals surface area contributed by atoms with Crippen molar-refractivity contribution in [1.82, 2.24) is 15.2 Å². The number of aromatic nitrogens is 1. The summed E-state index contributed by atoms with van der Waals surface area (Å²) in [5.41, 5.74) is 2.58. The fourth-order valence-electron chi connectivity index (χ4n) is 2.92. The van der Waals surface area contributed by atoms with Gasteiger partial charge in [0.05, 0.1) is 0 Å². The summed E-state index contributed by atoms with van der Waals surface area (Å²) in [5, 5.41) is 3.67. The second-order valence-electron chi connectivity index (χ2n) is 5.64. The van der Waals surface area contributed by atoms with Crippen LogP contribution in [0, 0.1) is 0 Å². The van der Waals surface area contributed by atoms with E-state index in [1.54, 1.807) is 0 Å². The standard InChI is InChI=1S/C18H23N3/c1-2-7-16(8-3-1)18-15-21(13-6-12-20-18)14-10-17-9-4-5-11-19-17/h1-5,7-9,11,18,20H,6,10,12-15H2. The van der Waals surface area contributed by atoms with Crippen molar-refractivity contribution in [2.45, 2.75) is 18.9 Å². The van der Waals surface area contributed by atoms with Gasteiger partial charge in [0.25, 0.3) is 0 Å². The zero-order valence-corrected chi connectivity index (χ0v) is 12.4. The molecule has 3 nitrogen and oxygen atoms in total. The van der Waals surface area contributed by atoms with Gasteiger partial charge in [0.2, 0.25) is 0 Å². The second kappa shape index (κ2) is 7.34. The van der Waals surface area contributed by atoms with Crippen LogP contribution in [0.4, 0.5) is 0 Å². The minimum absolute atomic E-state index is 0.442. The van der Waals surface area contributed by atoms with E-state index in [4.69, 9.17) is 0 Å². The van der Waals surface area contributed by atoms with Gasteiger partial charge in [-0.05, 0) is 37.2 Å². The highest BCUT2D eigenvalue weighted by atomic mass is 15.2. The normalized spacial score (nSPS) is 20.1. The highest BCUT2D eigenvalue weighted by Gasteiger charge is 2.18. The lowest BCUT2D eigenvalue weighted by molar-refractivity contribution is 0.271. The smallest absolute Gasteiger partial charge is 0.0449 e. The van der Waals surface area contributed by atoms with Crippen molar-refractivity contribution in [1.29, 1.82) is 0 Å². The lowest BCUT2D eigenvalue weighted by Crippen LogP contribution is -2.32. The molecule has 2 aromatic rings. The van der Waals surface area contributed by atoms with Gasteiger partial charge in [-0.2, -0.15) is 0 Å². The van der Waals surface area contributed by atoms with E-state index in [9.17, 15) is 0 Å². The molecular formula is C18H23N3. The Morgan fingerprint density at radius 2 is 1.95 bits per heavy atom. The Hall–Kier alpha value is -1.71. The van der Waals surface area contributed by atoms with E-state index in [0.29, 0.717) is 6.04 Å². The third-order valence-electron chi connectivity index (χ3n) is 4.09. The Morgan fingerprint density at radius 3 is 2.76 bits per heavy atom. The lowest BCUT2D eigenvalue weighted by atomic mass is 10.1. The van der Waals surface area contributed by atoms with Gasteiger partial charge in [-0.1, -0.05) is 36.4 Å². The summed E-state index contributed by atoms with van der Waals surface area (Å²) >= 11 is 0. The molecule has 1 aliphatic rings. The van der Waals surface area contributed by atoms with E-state index >= 15 is 0 Å². The van der Waals surface area contributed by atoms with Gasteiger partial charge < -0.3 is 10.2 Å². The summed E-state index contributed by atoms with van der Waals surface area (Å²) < 4.78 is 0. The molecule has 1 saturated heterocycles. The van der Waals surface area contributed by atoms with Gasteiger partial charge in [0.15, 0.2) is 0 Å². The van der Waals surface area contributed by atoms with Crippen LogP contribution in [0.3, 0.4) is 0 Å². The molecule has 3 rings (SSSR count). The number of nitrogens with one attached hydrogen (secondary N) is 1. The van der Waals surface area contributed by atoms with Crippen LogP contribution in [0.1, 0.15) is 23.7 Å². The maximum absolute atomic E-state index is 4.42. The average Bonchev–Trinajstić information content (AvgIpc) is 2.80. The highest BCUT2D eigenvalue weighted by Crippen LogP contribution is 2.17. The highest BCUT2D eigenvalue weighted by molar-refractivity contribution is 5.19. The summed E-state index contributed by atoms with van der Waals surface area (Å²) in [7, 11) is 0. The zero-order valence-electron chi connectivity index (χ0n) is 12.4. The van der Waals surface area contributed by atoms with Gasteiger partial charge in [0, 0.05) is 37.4 Å². The van der Waals surface area contributed by atoms with Gasteiger partial charge in [0.1, 0.15) is 0 Å². The van der Waals surface area contributed by atoms with Crippen LogP contribution in [-0.4, -0.2) is 36.1 Å². The third kappa shape index (κ3) is 4.13. The Morgan fingerprint density at radius 1 is 1.10 bits per heavy atom. The molecule has 110 valence electrons. The molecule has 3 heteroatoms. The number of hydrogen-bond acceptors (Lipinski definition) is 3. The topological polar surface area (TPSA) is 28.2 Å². The maximum Gasteiger partial charge on any atom is 0.0449 e. The molecule has 1 atom stereocenters. The van der Waals surface area contributed by atoms with E-state index in [0.717, 1.165) is 26.1 Å². The number of benzene rings is 1. The first kappa shape index (κ1) is 14.2. The van der Waals surface area contributed by atoms with E-state index in [1.165, 1.54) is 24.2 Å². The van der Waals surface area contributed by atoms with E-state index < -0.39 is 0 Å². The summed E-state index contributed by atoms with van der Waals surface area (Å²) in [5.74, 6) is 0. The molecule has 1 N–H and O–H groups in total. The predicted molar refractivity (Wildman–Crippen MR) is 86.2 cm³/mol. The molecule has 0 aliphatic carbocycles. The van der Waals surface area contributed by atoms with Gasteiger partial charge >= 0.3 is 0 Å². The van der Waals surface area contributed by atoms with Crippen LogP contribution in [0.15, 0.2) is 54.7 Å². The third-order valence-corrected chi connectivity index (χ3v) is 4.09. The summed E-state index contributed by atoms with van der Waals surface area (Å²) in [6, 6.07) is 17.4. The number of pyridine rings is 1. The fraction of sp³-hybridized carbons (Fsp3) is 0.389. The molecular weight excluding hydrogens is 258 g/mol. The van der Waals surface area contributed by atoms with E-state index in [-0.39, 0.29) is 0 Å². The minimum atomic E-state index is 0.442. The fourth-order valence-corrected chi connectivity index (χ4v) is 2.92. The monoisotopic (exact) mass is 281 g/mol. The number of hydrogen-bond donors (Lipinski definition) is 1. The number of rotatable bonds is 4. The van der Waals surface area contributed by atoms with Crippen molar-refractivity contribution in [3.63, 3.8) is 0 Å². The molecule has 1 aliphatic heterocycles. The molecule has 1 unspecified atom stereocenters. The Labute approximate surface area is 127 Å². The zero-order chi connectivity index (χ0) is 14.3. The van der Waals surface area contributed by atoms with Crippen LogP contribution in [0.25, 0.3) is 0 Å². The van der Waals surface area contributed by atoms with Crippen molar-refractivity contribution in [3.8, 4) is 0 Å². The van der Waals surface area contributed by atoms with Crippen LogP contribution in [0.5, 0.6) is 0 Å². The first-order valence-corrected chi connectivity index (χ1v) is 7.82. The molecule has 0 saturated carbocycles. The van der Waals surface area contributed by atoms with Crippen molar-refractivity contribution in [2.75, 3.05) is 26.2 Å². The van der Waals surface area contributed by atoms with Crippen LogP contribution < -0.4 is 5.32 Å². The predicted octanol–water partition coefficient (Wildman–Crippen LogP) is 2.66. The molecule has 1 aromatic carbocycles. The summed E-state index contributed by atoms with van der Waals surface area (Å²) in [6.07, 6.45) is 4.12. The van der Waals surface area contributed by atoms with Crippen LogP contribution in [-0.2, 0) is 6.42 Å². The average molecular weight is 281 g/mol. The molecule has 1 fully saturated rings. The molecule has 2 heterocycles. The Bertz CT molecular complexity index is 527. The van der Waals surface area contributed by atoms with Crippen molar-refractivity contribution in [3.05, 3.63) is 66.0 Å². The molecule has 0 radical (unpaired) electrons. The number of nitrogens with zero attached hydrogens (tertiary/aromatic N) is 2. The molecule has 0 bridgehead atoms. The van der Waals surface area contributed by atoms with Gasteiger partial charge in [-0.15, -0.1) is 0 Å². The van der Waals surface area contributed by atoms with E-state index in [1.807, 2.05) is 12.3 Å². The molecule has 0 spiro atoms. The van der Waals surface area contributed by atoms with Crippen LogP contribution >= 0.6 is 0 Å². The van der Waals surface area contributed by atoms with Crippen molar-refractivity contribution >= 4 is 0 Å². The van der Waals surface area contributed by atoms with Gasteiger partial charge in [-0.3, -0.25) is 4.98 Å². The Kier molecular flexibility index (Phi) is 4.98. The molecule has 0 amide bonds. The SMILES string of the molecule is c1ccc(C2CN(CCc3ccccn3)CCCN2)cc1. The minimum Gasteiger partial charge on any atom is -0.309 e.